The van der Waals surface area contributed by atoms with Crippen molar-refractivity contribution in [2.75, 3.05) is 79.2 Å². The van der Waals surface area contributed by atoms with Crippen LogP contribution in [-0.4, -0.2) is 206 Å². The van der Waals surface area contributed by atoms with Gasteiger partial charge in [0.2, 0.25) is 11.8 Å². The number of anilines is 1. The van der Waals surface area contributed by atoms with Crippen molar-refractivity contribution in [1.82, 2.24) is 35.6 Å². The molecule has 9 atom stereocenters. The molecular weight excluding hydrogens is 1240 g/mol. The van der Waals surface area contributed by atoms with E-state index >= 15 is 0 Å². The minimum absolute atomic E-state index is 0.0189. The van der Waals surface area contributed by atoms with Crippen molar-refractivity contribution < 1.29 is 86.2 Å². The summed E-state index contributed by atoms with van der Waals surface area (Å²) in [4.78, 5) is 139. The summed E-state index contributed by atoms with van der Waals surface area (Å²) >= 11 is 7.68. The van der Waals surface area contributed by atoms with Crippen LogP contribution in [0.4, 0.5) is 24.9 Å². The highest BCUT2D eigenvalue weighted by Gasteiger charge is 2.64. The molecule has 0 spiro atoms. The molecule has 26 nitrogen and oxygen atoms in total. The number of amides is 9. The fourth-order valence-corrected chi connectivity index (χ4v) is 12.1. The van der Waals surface area contributed by atoms with Gasteiger partial charge in [0.05, 0.1) is 30.9 Å². The summed E-state index contributed by atoms with van der Waals surface area (Å²) < 4.78 is 40.6. The average molecular weight is 1320 g/mol. The molecule has 0 saturated carbocycles. The van der Waals surface area contributed by atoms with Crippen molar-refractivity contribution in [1.29, 1.82) is 0 Å². The number of thioether (sulfide) groups is 1. The first kappa shape index (κ1) is 71.5. The SMILES string of the molecule is COc1cc2cc(c1Cl)N(C)C(=O)C[C@H](OC(=O)[C@H](C)N(C)C(=O)CCSC(=O)N(C)CCN(C)C(=O)OCc1ccc(OC(=O)NC3C/C=C/CCCC3)c(C(=O)NCCN3C(=O)C=CC3=O)c1)[C@]1(C)O[C@H]1[C@H](C)[C@@H]1C[C@@](O)(NC(=O)O1)[C@H](OC)/C=C/C=C(\C)C2. The number of hydrogen-bond donors (Lipinski definition) is 4. The first-order valence-corrected chi connectivity index (χ1v) is 31.7. The van der Waals surface area contributed by atoms with E-state index in [-0.39, 0.29) is 73.8 Å². The third kappa shape index (κ3) is 18.4. The maximum atomic E-state index is 14.4. The lowest BCUT2D eigenvalue weighted by molar-refractivity contribution is -0.162. The monoisotopic (exact) mass is 1320 g/mol. The number of imide groups is 1. The Kier molecular flexibility index (Phi) is 24.9. The highest BCUT2D eigenvalue weighted by Crippen LogP contribution is 2.49. The Balaban J connectivity index is 0.927. The third-order valence-corrected chi connectivity index (χ3v) is 18.3. The lowest BCUT2D eigenvalue weighted by Crippen LogP contribution is -2.63. The van der Waals surface area contributed by atoms with Crippen LogP contribution in [0.2, 0.25) is 5.02 Å². The fourth-order valence-electron chi connectivity index (χ4n) is 11.0. The van der Waals surface area contributed by atoms with Crippen molar-refractivity contribution >= 4 is 88.1 Å². The molecule has 28 heteroatoms. The van der Waals surface area contributed by atoms with Gasteiger partial charge in [-0.1, -0.05) is 78.7 Å². The number of hydrogen-bond acceptors (Lipinski definition) is 19. The van der Waals surface area contributed by atoms with Gasteiger partial charge in [-0.25, -0.2) is 19.2 Å². The molecule has 5 aliphatic rings. The summed E-state index contributed by atoms with van der Waals surface area (Å²) in [6, 6.07) is 6.45. The second-order valence-corrected chi connectivity index (χ2v) is 25.1. The molecule has 4 N–H and O–H groups in total. The normalized spacial score (nSPS) is 25.6. The second-order valence-electron chi connectivity index (χ2n) is 23.6. The Morgan fingerprint density at radius 2 is 1.71 bits per heavy atom. The molecule has 2 aromatic rings. The van der Waals surface area contributed by atoms with E-state index in [1.807, 2.05) is 19.1 Å². The minimum Gasteiger partial charge on any atom is -0.495 e. The number of allylic oxidation sites excluding steroid dienone is 4. The molecule has 0 radical (unpaired) electrons. The highest BCUT2D eigenvalue weighted by molar-refractivity contribution is 8.13. The molecule has 2 fully saturated rings. The van der Waals surface area contributed by atoms with Gasteiger partial charge >= 0.3 is 24.2 Å². The zero-order chi connectivity index (χ0) is 67.2. The van der Waals surface area contributed by atoms with E-state index in [1.54, 1.807) is 38.1 Å². The van der Waals surface area contributed by atoms with Gasteiger partial charge in [-0.2, -0.15) is 0 Å². The number of likely N-dealkylation sites (N-methyl/N-ethyl adjacent to an activating group) is 3. The van der Waals surface area contributed by atoms with Gasteiger partial charge in [-0.3, -0.25) is 39.0 Å². The number of aliphatic hydroxyl groups is 1. The van der Waals surface area contributed by atoms with Gasteiger partial charge in [0.15, 0.2) is 5.72 Å². The fraction of sp³-hybridized carbons (Fsp3) is 0.531. The number of fused-ring (bicyclic) bond motifs is 5. The molecule has 4 bridgehead atoms. The predicted molar refractivity (Wildman–Crippen MR) is 339 cm³/mol. The van der Waals surface area contributed by atoms with E-state index in [2.05, 4.69) is 22.0 Å². The van der Waals surface area contributed by atoms with E-state index in [0.717, 1.165) is 65.6 Å². The smallest absolute Gasteiger partial charge is 0.412 e. The van der Waals surface area contributed by atoms with Crippen molar-refractivity contribution in [2.45, 2.75) is 140 Å². The highest BCUT2D eigenvalue weighted by atomic mass is 35.5. The Morgan fingerprint density at radius 1 is 0.978 bits per heavy atom. The Bertz CT molecular complexity index is 3230. The number of nitrogens with one attached hydrogen (secondary N) is 3. The number of esters is 1. The summed E-state index contributed by atoms with van der Waals surface area (Å²) in [7, 11) is 8.78. The maximum Gasteiger partial charge on any atom is 0.412 e. The summed E-state index contributed by atoms with van der Waals surface area (Å²) in [5, 5.41) is 19.7. The van der Waals surface area contributed by atoms with Crippen LogP contribution in [0.25, 0.3) is 0 Å². The van der Waals surface area contributed by atoms with Crippen molar-refractivity contribution in [3.8, 4) is 11.5 Å². The number of rotatable bonds is 19. The van der Waals surface area contributed by atoms with Crippen LogP contribution < -0.4 is 30.3 Å². The van der Waals surface area contributed by atoms with Crippen LogP contribution in [-0.2, 0) is 60.7 Å². The number of epoxide rings is 1. The molecule has 7 rings (SSSR count). The molecule has 9 amide bonds. The van der Waals surface area contributed by atoms with Crippen molar-refractivity contribution in [3.63, 3.8) is 0 Å². The largest absolute Gasteiger partial charge is 0.495 e. The minimum atomic E-state index is -1.91. The van der Waals surface area contributed by atoms with E-state index in [4.69, 9.17) is 44.8 Å². The lowest BCUT2D eigenvalue weighted by atomic mass is 9.83. The zero-order valence-corrected chi connectivity index (χ0v) is 55.1. The number of carbonyl (C=O) groups excluding carboxylic acids is 10. The standard InChI is InChI=1S/C64H83ClN8O18S/c1-38-17-16-20-49(86-10)64(84)36-48(89-60(81)68-64)39(2)56-63(4,91-56)50(35-54(77)72(8)45-33-42(31-38)34-47(85-9)55(45)65)90-58(79)40(3)71(7)51(74)25-30-92-62(83)70(6)29-28-69(5)61(82)87-37-41-21-22-46(88-59(80)67-43-18-14-12-11-13-15-19-43)44(32-41)57(78)66-26-27-73-52(75)23-24-53(73)76/h12,14,16-17,20-24,32-34,39-40,43,48-50,56,84H,11,13,15,18-19,25-31,35-37H2,1-10H3,(H,66,78)(H,67,80)(H,68,81)/b14-12+,20-16+,38-17+/t39-,40+,43?,48+,49-,50+,56+,63+,64+/m1/s1. The van der Waals surface area contributed by atoms with Crippen LogP contribution >= 0.6 is 23.4 Å². The first-order chi connectivity index (χ1) is 43.7. The molecular formula is C64H83ClN8O18S. The maximum absolute atomic E-state index is 14.4. The van der Waals surface area contributed by atoms with Crippen LogP contribution in [0.3, 0.4) is 0 Å². The van der Waals surface area contributed by atoms with E-state index in [0.29, 0.717) is 29.8 Å². The quantitative estimate of drug-likeness (QED) is 0.0379. The summed E-state index contributed by atoms with van der Waals surface area (Å²) in [5.41, 5.74) is -1.02. The van der Waals surface area contributed by atoms with Crippen LogP contribution in [0.1, 0.15) is 101 Å². The Hall–Kier alpha value is -7.98. The van der Waals surface area contributed by atoms with Gasteiger partial charge in [0.25, 0.3) is 23.0 Å². The summed E-state index contributed by atoms with van der Waals surface area (Å²) in [6.07, 6.45) is 8.99. The zero-order valence-electron chi connectivity index (χ0n) is 53.5. The number of nitrogens with zero attached hydrogens (tertiary/aromatic N) is 5. The van der Waals surface area contributed by atoms with Gasteiger partial charge in [-0.05, 0) is 88.3 Å². The van der Waals surface area contributed by atoms with Crippen molar-refractivity contribution in [3.05, 3.63) is 100 Å². The number of carbonyl (C=O) groups is 10. The molecule has 1 aliphatic carbocycles. The molecule has 4 aliphatic heterocycles. The van der Waals surface area contributed by atoms with E-state index in [9.17, 15) is 53.1 Å². The number of alkyl carbamates (subject to hydrolysis) is 1. The summed E-state index contributed by atoms with van der Waals surface area (Å²) in [5.74, 6) is -3.98. The first-order valence-electron chi connectivity index (χ1n) is 30.3. The van der Waals surface area contributed by atoms with Crippen LogP contribution in [0, 0.1) is 5.92 Å². The van der Waals surface area contributed by atoms with Crippen LogP contribution in [0.5, 0.6) is 11.5 Å². The van der Waals surface area contributed by atoms with E-state index in [1.165, 1.54) is 87.1 Å². The topological polar surface area (TPSA) is 311 Å². The molecule has 92 heavy (non-hydrogen) atoms. The predicted octanol–water partition coefficient (Wildman–Crippen LogP) is 6.59. The Morgan fingerprint density at radius 3 is 2.42 bits per heavy atom. The average Bonchev–Trinajstić information content (AvgIpc) is 1.56. The van der Waals surface area contributed by atoms with Gasteiger partial charge < -0.3 is 68.5 Å². The summed E-state index contributed by atoms with van der Waals surface area (Å²) in [6.45, 7) is 6.35. The molecule has 1 unspecified atom stereocenters. The second kappa shape index (κ2) is 32.0. The number of ether oxygens (including phenoxy) is 7. The molecule has 2 aromatic carbocycles. The van der Waals surface area contributed by atoms with Gasteiger partial charge in [0.1, 0.15) is 53.1 Å². The number of benzene rings is 2. The number of methoxy groups -OCH3 is 2. The van der Waals surface area contributed by atoms with Gasteiger partial charge in [-0.15, -0.1) is 0 Å². The molecule has 2 saturated heterocycles. The van der Waals surface area contributed by atoms with E-state index < -0.39 is 113 Å². The Labute approximate surface area is 544 Å². The third-order valence-electron chi connectivity index (χ3n) is 16.9. The number of halogens is 1. The van der Waals surface area contributed by atoms with Gasteiger partial charge in [0, 0.05) is 104 Å². The molecule has 500 valence electrons. The lowest BCUT2D eigenvalue weighted by Gasteiger charge is -2.42. The van der Waals surface area contributed by atoms with Crippen molar-refractivity contribution in [2.24, 2.45) is 5.92 Å². The molecule has 4 heterocycles. The molecule has 0 aromatic heterocycles. The van der Waals surface area contributed by atoms with Crippen LogP contribution in [0.15, 0.2) is 78.4 Å².